The summed E-state index contributed by atoms with van der Waals surface area (Å²) in [6.07, 6.45) is 0.563. The van der Waals surface area contributed by atoms with Gasteiger partial charge in [-0.2, -0.15) is 0 Å². The average molecular weight is 346 g/mol. The van der Waals surface area contributed by atoms with Gasteiger partial charge in [-0.1, -0.05) is 30.3 Å². The third-order valence-corrected chi connectivity index (χ3v) is 4.72. The van der Waals surface area contributed by atoms with E-state index in [2.05, 4.69) is 4.98 Å². The minimum Gasteiger partial charge on any atom is -0.481 e. The molecule has 1 aromatic heterocycles. The highest BCUT2D eigenvalue weighted by atomic mass is 32.1. The van der Waals surface area contributed by atoms with E-state index in [1.54, 1.807) is 10.3 Å². The van der Waals surface area contributed by atoms with Gasteiger partial charge in [0.25, 0.3) is 5.91 Å². The second-order valence-electron chi connectivity index (χ2n) is 5.61. The summed E-state index contributed by atoms with van der Waals surface area (Å²) < 4.78 is 5.31. The number of aromatic nitrogens is 1. The molecule has 0 spiro atoms. The lowest BCUT2D eigenvalue weighted by Gasteiger charge is -2.34. The van der Waals surface area contributed by atoms with Crippen LogP contribution in [-0.4, -0.2) is 52.7 Å². The SMILES string of the molecule is O=C(O)C[C@H]1COCCN1C(=O)c1csc(Cc2ccccc2)n1. The van der Waals surface area contributed by atoms with Gasteiger partial charge in [-0.05, 0) is 5.56 Å². The van der Waals surface area contributed by atoms with Crippen LogP contribution in [0.4, 0.5) is 0 Å². The maximum atomic E-state index is 12.7. The number of carboxylic acid groups (broad SMARTS) is 1. The quantitative estimate of drug-likeness (QED) is 0.896. The fourth-order valence-corrected chi connectivity index (χ4v) is 3.50. The number of ether oxygens (including phenoxy) is 1. The second kappa shape index (κ2) is 7.55. The summed E-state index contributed by atoms with van der Waals surface area (Å²) in [5.41, 5.74) is 1.52. The molecule has 1 fully saturated rings. The number of thiazole rings is 1. The molecule has 24 heavy (non-hydrogen) atoms. The zero-order valence-corrected chi connectivity index (χ0v) is 13.9. The largest absolute Gasteiger partial charge is 0.481 e. The maximum Gasteiger partial charge on any atom is 0.305 e. The topological polar surface area (TPSA) is 79.7 Å². The van der Waals surface area contributed by atoms with Crippen LogP contribution in [-0.2, 0) is 16.0 Å². The number of morpholine rings is 1. The minimum absolute atomic E-state index is 0.118. The summed E-state index contributed by atoms with van der Waals surface area (Å²) in [5, 5.41) is 11.6. The van der Waals surface area contributed by atoms with E-state index in [-0.39, 0.29) is 18.9 Å². The molecule has 0 aliphatic carbocycles. The van der Waals surface area contributed by atoms with Gasteiger partial charge < -0.3 is 14.7 Å². The van der Waals surface area contributed by atoms with Crippen molar-refractivity contribution in [3.63, 3.8) is 0 Å². The molecule has 2 heterocycles. The van der Waals surface area contributed by atoms with Gasteiger partial charge in [-0.3, -0.25) is 9.59 Å². The molecule has 6 nitrogen and oxygen atoms in total. The Morgan fingerprint density at radius 1 is 1.33 bits per heavy atom. The third kappa shape index (κ3) is 3.98. The van der Waals surface area contributed by atoms with Gasteiger partial charge in [-0.15, -0.1) is 11.3 Å². The molecule has 126 valence electrons. The Labute approximate surface area is 143 Å². The molecule has 0 saturated carbocycles. The van der Waals surface area contributed by atoms with Crippen LogP contribution in [0.15, 0.2) is 35.7 Å². The van der Waals surface area contributed by atoms with E-state index in [9.17, 15) is 9.59 Å². The molecule has 0 bridgehead atoms. The first-order valence-corrected chi connectivity index (χ1v) is 8.60. The number of benzene rings is 1. The van der Waals surface area contributed by atoms with Crippen LogP contribution in [0.1, 0.15) is 27.5 Å². The molecule has 1 aromatic carbocycles. The van der Waals surface area contributed by atoms with E-state index in [1.165, 1.54) is 11.3 Å². The molecule has 1 saturated heterocycles. The highest BCUT2D eigenvalue weighted by molar-refractivity contribution is 7.09. The summed E-state index contributed by atoms with van der Waals surface area (Å²) >= 11 is 1.45. The Morgan fingerprint density at radius 2 is 2.12 bits per heavy atom. The molecule has 3 rings (SSSR count). The van der Waals surface area contributed by atoms with Gasteiger partial charge in [0.15, 0.2) is 0 Å². The number of rotatable bonds is 5. The van der Waals surface area contributed by atoms with E-state index in [4.69, 9.17) is 9.84 Å². The van der Waals surface area contributed by atoms with Crippen LogP contribution in [0.5, 0.6) is 0 Å². The molecule has 1 aliphatic heterocycles. The van der Waals surface area contributed by atoms with E-state index in [0.717, 1.165) is 10.6 Å². The first-order chi connectivity index (χ1) is 11.6. The van der Waals surface area contributed by atoms with Gasteiger partial charge in [0.05, 0.1) is 30.7 Å². The summed E-state index contributed by atoms with van der Waals surface area (Å²) in [6.45, 7) is 1.06. The van der Waals surface area contributed by atoms with Crippen LogP contribution in [0.25, 0.3) is 0 Å². The monoisotopic (exact) mass is 346 g/mol. The lowest BCUT2D eigenvalue weighted by Crippen LogP contribution is -2.49. The van der Waals surface area contributed by atoms with Crippen LogP contribution >= 0.6 is 11.3 Å². The number of hydrogen-bond donors (Lipinski definition) is 1. The molecule has 1 N–H and O–H groups in total. The van der Waals surface area contributed by atoms with Crippen LogP contribution in [0, 0.1) is 0 Å². The van der Waals surface area contributed by atoms with Gasteiger partial charge >= 0.3 is 5.97 Å². The molecule has 0 unspecified atom stereocenters. The highest BCUT2D eigenvalue weighted by Crippen LogP contribution is 2.19. The third-order valence-electron chi connectivity index (χ3n) is 3.87. The van der Waals surface area contributed by atoms with Gasteiger partial charge in [0.2, 0.25) is 0 Å². The van der Waals surface area contributed by atoms with Gasteiger partial charge in [-0.25, -0.2) is 4.98 Å². The van der Waals surface area contributed by atoms with Crippen molar-refractivity contribution in [2.24, 2.45) is 0 Å². The number of hydrogen-bond acceptors (Lipinski definition) is 5. The van der Waals surface area contributed by atoms with E-state index in [0.29, 0.717) is 25.3 Å². The summed E-state index contributed by atoms with van der Waals surface area (Å²) in [4.78, 5) is 29.7. The van der Waals surface area contributed by atoms with Crippen molar-refractivity contribution in [1.82, 2.24) is 9.88 Å². The fourth-order valence-electron chi connectivity index (χ4n) is 2.70. The predicted octanol–water partition coefficient (Wildman–Crippen LogP) is 2.05. The number of nitrogens with zero attached hydrogens (tertiary/aromatic N) is 2. The molecule has 7 heteroatoms. The first kappa shape index (κ1) is 16.6. The predicted molar refractivity (Wildman–Crippen MR) is 89.3 cm³/mol. The van der Waals surface area contributed by atoms with Crippen molar-refractivity contribution in [3.8, 4) is 0 Å². The van der Waals surface area contributed by atoms with Crippen LogP contribution < -0.4 is 0 Å². The minimum atomic E-state index is -0.939. The number of amides is 1. The number of carbonyl (C=O) groups excluding carboxylic acids is 1. The Morgan fingerprint density at radius 3 is 2.88 bits per heavy atom. The van der Waals surface area contributed by atoms with Crippen molar-refractivity contribution in [3.05, 3.63) is 52.0 Å². The number of aliphatic carboxylic acids is 1. The smallest absolute Gasteiger partial charge is 0.305 e. The van der Waals surface area contributed by atoms with Crippen molar-refractivity contribution < 1.29 is 19.4 Å². The molecule has 2 aromatic rings. The van der Waals surface area contributed by atoms with E-state index in [1.807, 2.05) is 30.3 Å². The zero-order valence-electron chi connectivity index (χ0n) is 13.1. The standard InChI is InChI=1S/C17H18N2O4S/c20-16(21)9-13-10-23-7-6-19(13)17(22)14-11-24-15(18-14)8-12-4-2-1-3-5-12/h1-5,11,13H,6-10H2,(H,20,21)/t13-/m0/s1. The normalized spacial score (nSPS) is 17.7. The summed E-state index contributed by atoms with van der Waals surface area (Å²) in [7, 11) is 0. The maximum absolute atomic E-state index is 12.7. The molecule has 0 radical (unpaired) electrons. The Hall–Kier alpha value is -2.25. The van der Waals surface area contributed by atoms with Gasteiger partial charge in [0.1, 0.15) is 5.69 Å². The number of carbonyl (C=O) groups is 2. The zero-order chi connectivity index (χ0) is 16.9. The van der Waals surface area contributed by atoms with Crippen molar-refractivity contribution in [2.75, 3.05) is 19.8 Å². The van der Waals surface area contributed by atoms with E-state index < -0.39 is 12.0 Å². The Bertz CT molecular complexity index is 716. The van der Waals surface area contributed by atoms with Crippen molar-refractivity contribution in [1.29, 1.82) is 0 Å². The van der Waals surface area contributed by atoms with Crippen molar-refractivity contribution in [2.45, 2.75) is 18.9 Å². The van der Waals surface area contributed by atoms with Crippen LogP contribution in [0.3, 0.4) is 0 Å². The highest BCUT2D eigenvalue weighted by Gasteiger charge is 2.30. The molecule has 1 amide bonds. The Kier molecular flexibility index (Phi) is 5.22. The Balaban J connectivity index is 1.71. The number of carboxylic acids is 1. The summed E-state index contributed by atoms with van der Waals surface area (Å²) in [6, 6.07) is 9.50. The molecule has 1 atom stereocenters. The second-order valence-corrected chi connectivity index (χ2v) is 6.56. The summed E-state index contributed by atoms with van der Waals surface area (Å²) in [5.74, 6) is -1.16. The first-order valence-electron chi connectivity index (χ1n) is 7.72. The lowest BCUT2D eigenvalue weighted by atomic mass is 10.1. The van der Waals surface area contributed by atoms with Crippen molar-refractivity contribution >= 4 is 23.2 Å². The lowest BCUT2D eigenvalue weighted by molar-refractivity contribution is -0.139. The molecule has 1 aliphatic rings. The molecular weight excluding hydrogens is 328 g/mol. The van der Waals surface area contributed by atoms with E-state index >= 15 is 0 Å². The molecular formula is C17H18N2O4S. The fraction of sp³-hybridized carbons (Fsp3) is 0.353. The van der Waals surface area contributed by atoms with Gasteiger partial charge in [0, 0.05) is 18.3 Å². The average Bonchev–Trinajstić information content (AvgIpc) is 3.03. The van der Waals surface area contributed by atoms with Crippen LogP contribution in [0.2, 0.25) is 0 Å².